The first-order chi connectivity index (χ1) is 8.36. The van der Waals surface area contributed by atoms with Gasteiger partial charge in [0, 0.05) is 17.5 Å². The van der Waals surface area contributed by atoms with Gasteiger partial charge in [-0.15, -0.1) is 5.10 Å². The number of aromatic amines is 1. The lowest BCUT2D eigenvalue weighted by molar-refractivity contribution is 0.805. The average molecular weight is 225 g/mol. The minimum absolute atomic E-state index is 0.721. The van der Waals surface area contributed by atoms with E-state index in [1.165, 1.54) is 0 Å². The van der Waals surface area contributed by atoms with Gasteiger partial charge in [0.2, 0.25) is 5.82 Å². The van der Waals surface area contributed by atoms with E-state index in [1.54, 1.807) is 10.9 Å². The number of aryl methyl sites for hydroxylation is 1. The van der Waals surface area contributed by atoms with Crippen LogP contribution in [0.1, 0.15) is 5.69 Å². The monoisotopic (exact) mass is 225 g/mol. The second kappa shape index (κ2) is 3.86. The van der Waals surface area contributed by atoms with Gasteiger partial charge >= 0.3 is 0 Å². The normalized spacial score (nSPS) is 10.6. The predicted octanol–water partition coefficient (Wildman–Crippen LogP) is 1.97. The molecule has 2 aromatic heterocycles. The standard InChI is InChI=1S/C12H11N5/c1-9-7-8-13-17(9)12-11(14-16-15-12)10-5-3-2-4-6-10/h2-8H,1H3,(H,14,15,16). The summed E-state index contributed by atoms with van der Waals surface area (Å²) in [5.41, 5.74) is 2.85. The summed E-state index contributed by atoms with van der Waals surface area (Å²) in [6, 6.07) is 11.9. The number of benzene rings is 1. The first-order valence-corrected chi connectivity index (χ1v) is 5.33. The van der Waals surface area contributed by atoms with Crippen molar-refractivity contribution in [2.75, 3.05) is 0 Å². The zero-order valence-electron chi connectivity index (χ0n) is 9.33. The number of nitrogens with zero attached hydrogens (tertiary/aromatic N) is 4. The minimum Gasteiger partial charge on any atom is -0.216 e. The molecule has 2 heterocycles. The molecule has 0 spiro atoms. The Bertz CT molecular complexity index is 623. The van der Waals surface area contributed by atoms with E-state index in [0.717, 1.165) is 22.8 Å². The highest BCUT2D eigenvalue weighted by Crippen LogP contribution is 2.22. The van der Waals surface area contributed by atoms with Gasteiger partial charge in [-0.3, -0.25) is 0 Å². The van der Waals surface area contributed by atoms with Crippen molar-refractivity contribution in [2.45, 2.75) is 6.92 Å². The van der Waals surface area contributed by atoms with Gasteiger partial charge in [0.1, 0.15) is 5.69 Å². The van der Waals surface area contributed by atoms with E-state index in [-0.39, 0.29) is 0 Å². The van der Waals surface area contributed by atoms with Crippen LogP contribution in [0.25, 0.3) is 17.1 Å². The molecule has 5 heteroatoms. The van der Waals surface area contributed by atoms with Crippen molar-refractivity contribution >= 4 is 0 Å². The number of aromatic nitrogens is 5. The Labute approximate surface area is 98.1 Å². The van der Waals surface area contributed by atoms with Crippen LogP contribution in [0.3, 0.4) is 0 Å². The zero-order valence-corrected chi connectivity index (χ0v) is 9.33. The summed E-state index contributed by atoms with van der Waals surface area (Å²) in [4.78, 5) is 0. The van der Waals surface area contributed by atoms with Gasteiger partial charge in [0.05, 0.1) is 0 Å². The predicted molar refractivity (Wildman–Crippen MR) is 63.7 cm³/mol. The average Bonchev–Trinajstić information content (AvgIpc) is 2.98. The highest BCUT2D eigenvalue weighted by atomic mass is 15.4. The minimum atomic E-state index is 0.721. The maximum absolute atomic E-state index is 4.24. The van der Waals surface area contributed by atoms with Gasteiger partial charge in [-0.1, -0.05) is 30.3 Å². The quantitative estimate of drug-likeness (QED) is 0.725. The summed E-state index contributed by atoms with van der Waals surface area (Å²) in [7, 11) is 0. The molecule has 3 aromatic rings. The summed E-state index contributed by atoms with van der Waals surface area (Å²) in [5, 5.41) is 15.2. The van der Waals surface area contributed by atoms with Crippen LogP contribution >= 0.6 is 0 Å². The largest absolute Gasteiger partial charge is 0.216 e. The molecule has 0 aliphatic rings. The molecule has 1 N–H and O–H groups in total. The molecule has 5 nitrogen and oxygen atoms in total. The Morgan fingerprint density at radius 1 is 1.06 bits per heavy atom. The second-order valence-corrected chi connectivity index (χ2v) is 3.75. The molecule has 3 rings (SSSR count). The van der Waals surface area contributed by atoms with Crippen LogP contribution in [-0.4, -0.2) is 25.2 Å². The molecule has 0 amide bonds. The van der Waals surface area contributed by atoms with Crippen LogP contribution < -0.4 is 0 Å². The van der Waals surface area contributed by atoms with Gasteiger partial charge in [-0.2, -0.15) is 15.4 Å². The molecule has 17 heavy (non-hydrogen) atoms. The third-order valence-electron chi connectivity index (χ3n) is 2.61. The van der Waals surface area contributed by atoms with Crippen LogP contribution in [0.15, 0.2) is 42.6 Å². The Hall–Kier alpha value is -2.43. The molecule has 0 saturated carbocycles. The number of H-pyrrole nitrogens is 1. The van der Waals surface area contributed by atoms with Crippen molar-refractivity contribution in [2.24, 2.45) is 0 Å². The third-order valence-corrected chi connectivity index (χ3v) is 2.61. The van der Waals surface area contributed by atoms with Gasteiger partial charge in [-0.05, 0) is 13.0 Å². The number of hydrogen-bond acceptors (Lipinski definition) is 3. The van der Waals surface area contributed by atoms with Crippen LogP contribution in [0.5, 0.6) is 0 Å². The smallest absolute Gasteiger partial charge is 0.203 e. The molecular formula is C12H11N5. The van der Waals surface area contributed by atoms with Gasteiger partial charge < -0.3 is 0 Å². The van der Waals surface area contributed by atoms with Crippen LogP contribution in [0.4, 0.5) is 0 Å². The molecular weight excluding hydrogens is 214 g/mol. The van der Waals surface area contributed by atoms with Crippen molar-refractivity contribution in [3.63, 3.8) is 0 Å². The highest BCUT2D eigenvalue weighted by molar-refractivity contribution is 5.65. The topological polar surface area (TPSA) is 59.4 Å². The molecule has 0 bridgehead atoms. The maximum atomic E-state index is 4.24. The Balaban J connectivity index is 2.16. The fourth-order valence-electron chi connectivity index (χ4n) is 1.75. The summed E-state index contributed by atoms with van der Waals surface area (Å²) < 4.78 is 1.77. The molecule has 0 aliphatic heterocycles. The Morgan fingerprint density at radius 2 is 1.88 bits per heavy atom. The fraction of sp³-hybridized carbons (Fsp3) is 0.0833. The maximum Gasteiger partial charge on any atom is 0.203 e. The van der Waals surface area contributed by atoms with E-state index in [4.69, 9.17) is 0 Å². The molecule has 84 valence electrons. The van der Waals surface area contributed by atoms with E-state index in [0.29, 0.717) is 0 Å². The van der Waals surface area contributed by atoms with Crippen molar-refractivity contribution in [3.8, 4) is 17.1 Å². The molecule has 0 saturated heterocycles. The Morgan fingerprint density at radius 3 is 2.59 bits per heavy atom. The highest BCUT2D eigenvalue weighted by Gasteiger charge is 2.13. The lowest BCUT2D eigenvalue weighted by Crippen LogP contribution is -2.01. The lowest BCUT2D eigenvalue weighted by Gasteiger charge is -2.02. The van der Waals surface area contributed by atoms with Crippen molar-refractivity contribution in [3.05, 3.63) is 48.3 Å². The van der Waals surface area contributed by atoms with Crippen LogP contribution in [-0.2, 0) is 0 Å². The van der Waals surface area contributed by atoms with E-state index in [1.807, 2.05) is 43.3 Å². The Kier molecular flexibility index (Phi) is 2.22. The lowest BCUT2D eigenvalue weighted by atomic mass is 10.1. The fourth-order valence-corrected chi connectivity index (χ4v) is 1.75. The van der Waals surface area contributed by atoms with E-state index < -0.39 is 0 Å². The van der Waals surface area contributed by atoms with Gasteiger partial charge in [0.15, 0.2) is 0 Å². The van der Waals surface area contributed by atoms with Gasteiger partial charge in [-0.25, -0.2) is 4.68 Å². The van der Waals surface area contributed by atoms with E-state index >= 15 is 0 Å². The zero-order chi connectivity index (χ0) is 11.7. The van der Waals surface area contributed by atoms with Crippen molar-refractivity contribution in [1.29, 1.82) is 0 Å². The summed E-state index contributed by atoms with van der Waals surface area (Å²) in [6.45, 7) is 1.98. The van der Waals surface area contributed by atoms with Crippen molar-refractivity contribution < 1.29 is 0 Å². The first kappa shape index (κ1) is 9.77. The van der Waals surface area contributed by atoms with E-state index in [9.17, 15) is 0 Å². The molecule has 0 aliphatic carbocycles. The summed E-state index contributed by atoms with van der Waals surface area (Å²) in [5.74, 6) is 0.721. The SMILES string of the molecule is Cc1ccnn1-c1n[nH]nc1-c1ccccc1. The molecule has 0 atom stereocenters. The molecule has 1 aromatic carbocycles. The molecule has 0 unspecified atom stereocenters. The molecule has 0 fully saturated rings. The summed E-state index contributed by atoms with van der Waals surface area (Å²) in [6.07, 6.45) is 1.75. The van der Waals surface area contributed by atoms with Crippen LogP contribution in [0, 0.1) is 6.92 Å². The molecule has 0 radical (unpaired) electrons. The summed E-state index contributed by atoms with van der Waals surface area (Å²) >= 11 is 0. The van der Waals surface area contributed by atoms with Crippen molar-refractivity contribution in [1.82, 2.24) is 25.2 Å². The van der Waals surface area contributed by atoms with Crippen LogP contribution in [0.2, 0.25) is 0 Å². The number of rotatable bonds is 2. The number of hydrogen-bond donors (Lipinski definition) is 1. The van der Waals surface area contributed by atoms with Gasteiger partial charge in [0.25, 0.3) is 0 Å². The number of nitrogens with one attached hydrogen (secondary N) is 1. The van der Waals surface area contributed by atoms with E-state index in [2.05, 4.69) is 20.5 Å². The second-order valence-electron chi connectivity index (χ2n) is 3.75. The third kappa shape index (κ3) is 1.61. The first-order valence-electron chi connectivity index (χ1n) is 5.33.